The molecule has 0 bridgehead atoms. The predicted octanol–water partition coefficient (Wildman–Crippen LogP) is -2.15. The quantitative estimate of drug-likeness (QED) is 0.439. The number of rotatable bonds is 5. The van der Waals surface area contributed by atoms with E-state index in [9.17, 15) is 14.7 Å². The number of nitrogens with two attached hydrogens (primary N) is 2. The molecule has 6 N–H and O–H groups in total. The Bertz CT molecular complexity index is 310. The van der Waals surface area contributed by atoms with Crippen molar-refractivity contribution in [2.45, 2.75) is 37.5 Å². The highest BCUT2D eigenvalue weighted by Gasteiger charge is 2.39. The summed E-state index contributed by atoms with van der Waals surface area (Å²) >= 11 is 0. The van der Waals surface area contributed by atoms with Crippen molar-refractivity contribution in [1.29, 1.82) is 0 Å². The fourth-order valence-corrected chi connectivity index (χ4v) is 1.68. The fourth-order valence-electron chi connectivity index (χ4n) is 1.68. The van der Waals surface area contributed by atoms with E-state index in [1.807, 2.05) is 0 Å². The van der Waals surface area contributed by atoms with Gasteiger partial charge in [-0.3, -0.25) is 9.59 Å². The van der Waals surface area contributed by atoms with Crippen LogP contribution in [0.15, 0.2) is 0 Å². The molecule has 0 aromatic carbocycles. The third-order valence-electron chi connectivity index (χ3n) is 2.99. The van der Waals surface area contributed by atoms with Crippen molar-refractivity contribution in [3.8, 4) is 0 Å². The zero-order valence-corrected chi connectivity index (χ0v) is 9.81. The van der Waals surface area contributed by atoms with Crippen molar-refractivity contribution in [2.24, 2.45) is 11.5 Å². The number of carbonyl (C=O) groups is 2. The van der Waals surface area contributed by atoms with E-state index in [2.05, 4.69) is 5.32 Å². The van der Waals surface area contributed by atoms with Crippen molar-refractivity contribution < 1.29 is 19.4 Å². The molecule has 98 valence electrons. The molecule has 0 aromatic heterocycles. The van der Waals surface area contributed by atoms with Gasteiger partial charge in [0.25, 0.3) is 0 Å². The smallest absolute Gasteiger partial charge is 0.237 e. The van der Waals surface area contributed by atoms with Crippen LogP contribution >= 0.6 is 0 Å². The van der Waals surface area contributed by atoms with Crippen LogP contribution in [0.2, 0.25) is 0 Å². The zero-order chi connectivity index (χ0) is 13.1. The summed E-state index contributed by atoms with van der Waals surface area (Å²) < 4.78 is 5.22. The molecule has 0 aliphatic carbocycles. The van der Waals surface area contributed by atoms with Crippen molar-refractivity contribution in [1.82, 2.24) is 5.32 Å². The lowest BCUT2D eigenvalue weighted by molar-refractivity contribution is -0.127. The maximum atomic E-state index is 11.5. The van der Waals surface area contributed by atoms with E-state index in [4.69, 9.17) is 16.2 Å². The molecule has 1 saturated heterocycles. The van der Waals surface area contributed by atoms with Crippen LogP contribution in [-0.4, -0.2) is 47.8 Å². The van der Waals surface area contributed by atoms with Crippen LogP contribution in [0.1, 0.15) is 19.8 Å². The van der Waals surface area contributed by atoms with Crippen LogP contribution in [0.4, 0.5) is 0 Å². The first-order chi connectivity index (χ1) is 7.85. The Kier molecular flexibility index (Phi) is 4.44. The summed E-state index contributed by atoms with van der Waals surface area (Å²) in [7, 11) is 0. The summed E-state index contributed by atoms with van der Waals surface area (Å²) in [6.07, 6.45) is -0.0920. The first-order valence-corrected chi connectivity index (χ1v) is 5.51. The molecule has 1 fully saturated rings. The number of hydrogen-bond donors (Lipinski definition) is 4. The molecule has 3 unspecified atom stereocenters. The van der Waals surface area contributed by atoms with E-state index in [0.29, 0.717) is 13.0 Å². The van der Waals surface area contributed by atoms with Crippen LogP contribution in [0, 0.1) is 0 Å². The van der Waals surface area contributed by atoms with Gasteiger partial charge in [0.05, 0.1) is 18.6 Å². The van der Waals surface area contributed by atoms with Crippen LogP contribution in [0.5, 0.6) is 0 Å². The Balaban J connectivity index is 2.40. The zero-order valence-electron chi connectivity index (χ0n) is 9.81. The van der Waals surface area contributed by atoms with Crippen molar-refractivity contribution in [3.63, 3.8) is 0 Å². The van der Waals surface area contributed by atoms with E-state index >= 15 is 0 Å². The highest BCUT2D eigenvalue weighted by atomic mass is 16.5. The van der Waals surface area contributed by atoms with Gasteiger partial charge in [-0.15, -0.1) is 0 Å². The van der Waals surface area contributed by atoms with E-state index in [0.717, 1.165) is 0 Å². The second kappa shape index (κ2) is 5.44. The third kappa shape index (κ3) is 3.65. The SMILES string of the molecule is CC1OCCC1(O)CNC(=O)C(N)CC(N)=O. The highest BCUT2D eigenvalue weighted by Crippen LogP contribution is 2.24. The normalized spacial score (nSPS) is 29.9. The lowest BCUT2D eigenvalue weighted by Crippen LogP contribution is -2.51. The molecule has 2 amide bonds. The molecule has 0 saturated carbocycles. The first kappa shape index (κ1) is 13.9. The summed E-state index contributed by atoms with van der Waals surface area (Å²) in [6.45, 7) is 2.25. The van der Waals surface area contributed by atoms with Gasteiger partial charge in [-0.1, -0.05) is 0 Å². The van der Waals surface area contributed by atoms with Crippen LogP contribution in [0.25, 0.3) is 0 Å². The van der Waals surface area contributed by atoms with Crippen molar-refractivity contribution in [3.05, 3.63) is 0 Å². The molecule has 1 aliphatic heterocycles. The van der Waals surface area contributed by atoms with Gasteiger partial charge < -0.3 is 26.6 Å². The van der Waals surface area contributed by atoms with E-state index in [-0.39, 0.29) is 19.1 Å². The average Bonchev–Trinajstić information content (AvgIpc) is 2.55. The minimum Gasteiger partial charge on any atom is -0.385 e. The Labute approximate surface area is 99.5 Å². The number of nitrogens with one attached hydrogen (secondary N) is 1. The number of aliphatic hydroxyl groups is 1. The summed E-state index contributed by atoms with van der Waals surface area (Å²) in [4.78, 5) is 22.1. The topological polar surface area (TPSA) is 128 Å². The minimum atomic E-state index is -1.07. The summed E-state index contributed by atoms with van der Waals surface area (Å²) in [5.74, 6) is -1.14. The lowest BCUT2D eigenvalue weighted by Gasteiger charge is -2.26. The first-order valence-electron chi connectivity index (χ1n) is 5.51. The second-order valence-electron chi connectivity index (χ2n) is 4.36. The molecule has 1 rings (SSSR count). The van der Waals surface area contributed by atoms with E-state index in [1.54, 1.807) is 6.92 Å². The number of primary amides is 1. The van der Waals surface area contributed by atoms with Gasteiger partial charge in [0, 0.05) is 19.6 Å². The summed E-state index contributed by atoms with van der Waals surface area (Å²) in [5.41, 5.74) is 9.32. The molecular formula is C10H19N3O4. The standard InChI is InChI=1S/C10H19N3O4/c1-6-10(16,2-3-17-6)5-13-9(15)7(11)4-8(12)14/h6-7,16H,2-5,11H2,1H3,(H2,12,14)(H,13,15). The predicted molar refractivity (Wildman–Crippen MR) is 59.8 cm³/mol. The fraction of sp³-hybridized carbons (Fsp3) is 0.800. The monoisotopic (exact) mass is 245 g/mol. The Morgan fingerprint density at radius 1 is 1.65 bits per heavy atom. The molecule has 3 atom stereocenters. The summed E-state index contributed by atoms with van der Waals surface area (Å²) in [5, 5.41) is 12.6. The van der Waals surface area contributed by atoms with Crippen LogP contribution < -0.4 is 16.8 Å². The molecule has 0 radical (unpaired) electrons. The molecule has 0 aromatic rings. The molecule has 0 spiro atoms. The largest absolute Gasteiger partial charge is 0.385 e. The van der Waals surface area contributed by atoms with Gasteiger partial charge in [0.1, 0.15) is 5.60 Å². The van der Waals surface area contributed by atoms with E-state index < -0.39 is 23.5 Å². The Morgan fingerprint density at radius 3 is 2.76 bits per heavy atom. The molecule has 1 heterocycles. The third-order valence-corrected chi connectivity index (χ3v) is 2.99. The van der Waals surface area contributed by atoms with Gasteiger partial charge in [-0.05, 0) is 6.92 Å². The van der Waals surface area contributed by atoms with Gasteiger partial charge in [0.2, 0.25) is 11.8 Å². The molecule has 1 aliphatic rings. The maximum absolute atomic E-state index is 11.5. The number of carbonyl (C=O) groups excluding carboxylic acids is 2. The number of amides is 2. The minimum absolute atomic E-state index is 0.0550. The Hall–Kier alpha value is -1.18. The van der Waals surface area contributed by atoms with Gasteiger partial charge in [-0.2, -0.15) is 0 Å². The molecule has 7 heteroatoms. The molecular weight excluding hydrogens is 226 g/mol. The van der Waals surface area contributed by atoms with Crippen LogP contribution in [0.3, 0.4) is 0 Å². The summed E-state index contributed by atoms with van der Waals surface area (Å²) in [6, 6.07) is -0.978. The maximum Gasteiger partial charge on any atom is 0.237 e. The number of hydrogen-bond acceptors (Lipinski definition) is 5. The molecule has 17 heavy (non-hydrogen) atoms. The van der Waals surface area contributed by atoms with Gasteiger partial charge >= 0.3 is 0 Å². The van der Waals surface area contributed by atoms with Crippen LogP contribution in [-0.2, 0) is 14.3 Å². The van der Waals surface area contributed by atoms with E-state index in [1.165, 1.54) is 0 Å². The van der Waals surface area contributed by atoms with Gasteiger partial charge in [0.15, 0.2) is 0 Å². The van der Waals surface area contributed by atoms with Crippen molar-refractivity contribution >= 4 is 11.8 Å². The average molecular weight is 245 g/mol. The molecule has 7 nitrogen and oxygen atoms in total. The lowest BCUT2D eigenvalue weighted by atomic mass is 9.96. The highest BCUT2D eigenvalue weighted by molar-refractivity contribution is 5.87. The number of ether oxygens (including phenoxy) is 1. The second-order valence-corrected chi connectivity index (χ2v) is 4.36. The Morgan fingerprint density at radius 2 is 2.29 bits per heavy atom. The van der Waals surface area contributed by atoms with Crippen molar-refractivity contribution in [2.75, 3.05) is 13.2 Å². The van der Waals surface area contributed by atoms with Gasteiger partial charge in [-0.25, -0.2) is 0 Å².